The predicted molar refractivity (Wildman–Crippen MR) is 119 cm³/mol. The van der Waals surface area contributed by atoms with Gasteiger partial charge in [0.15, 0.2) is 11.6 Å². The zero-order chi connectivity index (χ0) is 20.7. The second-order valence-corrected chi connectivity index (χ2v) is 7.91. The lowest BCUT2D eigenvalue weighted by Crippen LogP contribution is -2.37. The van der Waals surface area contributed by atoms with Crippen molar-refractivity contribution in [2.24, 2.45) is 0 Å². The summed E-state index contributed by atoms with van der Waals surface area (Å²) in [6.45, 7) is 1.37. The Balaban J connectivity index is 1.70. The fraction of sp³-hybridized carbons (Fsp3) is 0.227. The number of fused-ring (bicyclic) bond motifs is 1. The maximum absolute atomic E-state index is 9.86. The first-order valence-electron chi connectivity index (χ1n) is 9.89. The van der Waals surface area contributed by atoms with Crippen LogP contribution in [0.15, 0.2) is 48.7 Å². The van der Waals surface area contributed by atoms with Crippen LogP contribution in [0.5, 0.6) is 0 Å². The summed E-state index contributed by atoms with van der Waals surface area (Å²) in [5.74, 6) is 1.02. The third-order valence-corrected chi connectivity index (χ3v) is 5.79. The van der Waals surface area contributed by atoms with Crippen LogP contribution >= 0.6 is 11.6 Å². The van der Waals surface area contributed by atoms with Gasteiger partial charge in [-0.2, -0.15) is 5.10 Å². The quantitative estimate of drug-likeness (QED) is 0.464. The number of hydrogen-bond acceptors (Lipinski definition) is 6. The SMILES string of the molecule is Nc1nc(-c2ccccc2)c(-c2cc(Cl)c3[nH]ncc3c2)nc1N1CCC(O)CC1. The highest BCUT2D eigenvalue weighted by molar-refractivity contribution is 6.35. The highest BCUT2D eigenvalue weighted by atomic mass is 35.5. The van der Waals surface area contributed by atoms with Crippen LogP contribution in [0, 0.1) is 0 Å². The van der Waals surface area contributed by atoms with Gasteiger partial charge in [0, 0.05) is 29.6 Å². The van der Waals surface area contributed by atoms with Gasteiger partial charge < -0.3 is 15.7 Å². The van der Waals surface area contributed by atoms with Gasteiger partial charge >= 0.3 is 0 Å². The summed E-state index contributed by atoms with van der Waals surface area (Å²) >= 11 is 6.51. The number of nitrogen functional groups attached to an aromatic ring is 1. The van der Waals surface area contributed by atoms with Crippen LogP contribution in [0.3, 0.4) is 0 Å². The fourth-order valence-corrected chi connectivity index (χ4v) is 4.17. The maximum atomic E-state index is 9.86. The summed E-state index contributed by atoms with van der Waals surface area (Å²) < 4.78 is 0. The molecule has 5 rings (SSSR count). The Labute approximate surface area is 178 Å². The molecule has 1 saturated heterocycles. The molecule has 2 aromatic carbocycles. The Morgan fingerprint density at radius 2 is 1.77 bits per heavy atom. The van der Waals surface area contributed by atoms with Crippen molar-refractivity contribution in [3.63, 3.8) is 0 Å². The number of aromatic amines is 1. The lowest BCUT2D eigenvalue weighted by atomic mass is 10.0. The molecule has 0 aliphatic carbocycles. The first kappa shape index (κ1) is 18.8. The highest BCUT2D eigenvalue weighted by Gasteiger charge is 2.23. The van der Waals surface area contributed by atoms with E-state index in [9.17, 15) is 5.11 Å². The second-order valence-electron chi connectivity index (χ2n) is 7.51. The molecule has 152 valence electrons. The van der Waals surface area contributed by atoms with Crippen LogP contribution in [0.4, 0.5) is 11.6 Å². The number of benzene rings is 2. The number of piperidine rings is 1. The van der Waals surface area contributed by atoms with Crippen molar-refractivity contribution < 1.29 is 5.11 Å². The molecule has 0 atom stereocenters. The second kappa shape index (κ2) is 7.59. The fourth-order valence-electron chi connectivity index (χ4n) is 3.90. The van der Waals surface area contributed by atoms with E-state index in [0.717, 1.165) is 22.0 Å². The molecule has 1 aliphatic heterocycles. The monoisotopic (exact) mass is 420 g/mol. The van der Waals surface area contributed by atoms with E-state index in [2.05, 4.69) is 15.1 Å². The average molecular weight is 421 g/mol. The molecule has 30 heavy (non-hydrogen) atoms. The zero-order valence-electron chi connectivity index (χ0n) is 16.2. The summed E-state index contributed by atoms with van der Waals surface area (Å²) in [7, 11) is 0. The molecule has 0 spiro atoms. The van der Waals surface area contributed by atoms with Crippen LogP contribution in [-0.4, -0.2) is 44.5 Å². The molecule has 1 fully saturated rings. The minimum absolute atomic E-state index is 0.277. The maximum Gasteiger partial charge on any atom is 0.172 e. The molecule has 0 bridgehead atoms. The van der Waals surface area contributed by atoms with Crippen molar-refractivity contribution in [1.29, 1.82) is 0 Å². The molecule has 8 heteroatoms. The predicted octanol–water partition coefficient (Wildman–Crippen LogP) is 3.88. The molecular weight excluding hydrogens is 400 g/mol. The number of aromatic nitrogens is 4. The van der Waals surface area contributed by atoms with Gasteiger partial charge in [0.25, 0.3) is 0 Å². The number of nitrogens with zero attached hydrogens (tertiary/aromatic N) is 4. The third kappa shape index (κ3) is 3.36. The van der Waals surface area contributed by atoms with E-state index >= 15 is 0 Å². The van der Waals surface area contributed by atoms with Crippen LogP contribution in [0.25, 0.3) is 33.4 Å². The number of nitrogens with one attached hydrogen (secondary N) is 1. The van der Waals surface area contributed by atoms with E-state index in [-0.39, 0.29) is 6.10 Å². The van der Waals surface area contributed by atoms with E-state index in [4.69, 9.17) is 27.3 Å². The molecule has 0 amide bonds. The molecule has 1 aliphatic rings. The smallest absolute Gasteiger partial charge is 0.172 e. The van der Waals surface area contributed by atoms with Gasteiger partial charge in [-0.3, -0.25) is 5.10 Å². The van der Waals surface area contributed by atoms with Crippen LogP contribution in [0.2, 0.25) is 5.02 Å². The van der Waals surface area contributed by atoms with Crippen LogP contribution in [0.1, 0.15) is 12.8 Å². The number of rotatable bonds is 3. The van der Waals surface area contributed by atoms with Gasteiger partial charge in [-0.15, -0.1) is 0 Å². The van der Waals surface area contributed by atoms with E-state index in [0.29, 0.717) is 54.0 Å². The number of anilines is 2. The van der Waals surface area contributed by atoms with Crippen molar-refractivity contribution in [2.45, 2.75) is 18.9 Å². The lowest BCUT2D eigenvalue weighted by molar-refractivity contribution is 0.145. The molecule has 0 saturated carbocycles. The molecule has 7 nitrogen and oxygen atoms in total. The van der Waals surface area contributed by atoms with Crippen LogP contribution in [-0.2, 0) is 0 Å². The van der Waals surface area contributed by atoms with E-state index in [1.807, 2.05) is 42.5 Å². The molecule has 4 aromatic rings. The molecule has 0 radical (unpaired) electrons. The Morgan fingerprint density at radius 3 is 2.53 bits per heavy atom. The number of nitrogens with two attached hydrogens (primary N) is 1. The Bertz CT molecular complexity index is 1200. The lowest BCUT2D eigenvalue weighted by Gasteiger charge is -2.31. The van der Waals surface area contributed by atoms with Crippen molar-refractivity contribution in [3.8, 4) is 22.5 Å². The summed E-state index contributed by atoms with van der Waals surface area (Å²) in [6.07, 6.45) is 2.83. The van der Waals surface area contributed by atoms with Gasteiger partial charge in [0.2, 0.25) is 0 Å². The molecule has 0 unspecified atom stereocenters. The highest BCUT2D eigenvalue weighted by Crippen LogP contribution is 2.37. The standard InChI is InChI=1S/C22H21ClN6O/c23-17-11-14(10-15-12-25-28-18(15)17)20-19(13-4-2-1-3-5-13)26-21(24)22(27-20)29-8-6-16(30)7-9-29/h1-5,10-12,16,30H,6-9H2,(H2,24,26)(H,25,28). The number of aliphatic hydroxyl groups is 1. The third-order valence-electron chi connectivity index (χ3n) is 5.49. The van der Waals surface area contributed by atoms with Gasteiger partial charge in [-0.25, -0.2) is 9.97 Å². The molecule has 2 aromatic heterocycles. The Morgan fingerprint density at radius 1 is 1.03 bits per heavy atom. The zero-order valence-corrected chi connectivity index (χ0v) is 17.0. The Kier molecular flexibility index (Phi) is 4.77. The summed E-state index contributed by atoms with van der Waals surface area (Å²) in [5.41, 5.74) is 10.3. The van der Waals surface area contributed by atoms with E-state index in [1.54, 1.807) is 6.20 Å². The summed E-state index contributed by atoms with van der Waals surface area (Å²) in [4.78, 5) is 11.8. The number of halogens is 1. The molecule has 3 heterocycles. The number of hydrogen-bond donors (Lipinski definition) is 3. The molecular formula is C22H21ClN6O. The van der Waals surface area contributed by atoms with Gasteiger partial charge in [-0.1, -0.05) is 41.9 Å². The largest absolute Gasteiger partial charge is 0.393 e. The topological polar surface area (TPSA) is 104 Å². The van der Waals surface area contributed by atoms with Gasteiger partial charge in [0.05, 0.1) is 34.2 Å². The average Bonchev–Trinajstić information content (AvgIpc) is 3.24. The van der Waals surface area contributed by atoms with E-state index in [1.165, 1.54) is 0 Å². The van der Waals surface area contributed by atoms with Crippen LogP contribution < -0.4 is 10.6 Å². The Hall–Kier alpha value is -3.16. The minimum Gasteiger partial charge on any atom is -0.393 e. The summed E-state index contributed by atoms with van der Waals surface area (Å²) in [6, 6.07) is 13.7. The van der Waals surface area contributed by atoms with E-state index < -0.39 is 0 Å². The van der Waals surface area contributed by atoms with Crippen molar-refractivity contribution >= 4 is 34.1 Å². The van der Waals surface area contributed by atoms with Gasteiger partial charge in [0.1, 0.15) is 0 Å². The number of H-pyrrole nitrogens is 1. The van der Waals surface area contributed by atoms with Gasteiger partial charge in [-0.05, 0) is 25.0 Å². The first-order chi connectivity index (χ1) is 14.6. The molecule has 4 N–H and O–H groups in total. The normalized spacial score (nSPS) is 15.1. The number of aliphatic hydroxyl groups excluding tert-OH is 1. The van der Waals surface area contributed by atoms with Crippen molar-refractivity contribution in [2.75, 3.05) is 23.7 Å². The summed E-state index contributed by atoms with van der Waals surface area (Å²) in [5, 5.41) is 18.3. The first-order valence-corrected chi connectivity index (χ1v) is 10.3. The minimum atomic E-state index is -0.277. The van der Waals surface area contributed by atoms with Crippen molar-refractivity contribution in [3.05, 3.63) is 53.7 Å². The van der Waals surface area contributed by atoms with Crippen molar-refractivity contribution in [1.82, 2.24) is 20.2 Å².